The van der Waals surface area contributed by atoms with E-state index in [-0.39, 0.29) is 0 Å². The number of carbonyl (C=O) groups excluding carboxylic acids is 1. The molecule has 2 saturated heterocycles. The Kier molecular flexibility index (Phi) is 4.65. The number of hydrogen-bond donors (Lipinski definition) is 1. The molecular formula is C17H30N2O. The second-order valence-corrected chi connectivity index (χ2v) is 7.38. The minimum atomic E-state index is 0.432. The predicted octanol–water partition coefficient (Wildman–Crippen LogP) is 2.95. The Labute approximate surface area is 123 Å². The second-order valence-electron chi connectivity index (χ2n) is 7.38. The largest absolute Gasteiger partial charge is 0.342 e. The van der Waals surface area contributed by atoms with Gasteiger partial charge in [0, 0.05) is 19.5 Å². The van der Waals surface area contributed by atoms with Crippen LogP contribution in [0.1, 0.15) is 64.2 Å². The topological polar surface area (TPSA) is 32.3 Å². The molecule has 3 nitrogen and oxygen atoms in total. The van der Waals surface area contributed by atoms with Crippen LogP contribution in [0.2, 0.25) is 0 Å². The van der Waals surface area contributed by atoms with Crippen LogP contribution in [0.15, 0.2) is 0 Å². The van der Waals surface area contributed by atoms with Gasteiger partial charge in [-0.2, -0.15) is 0 Å². The first kappa shape index (κ1) is 14.4. The number of nitrogens with one attached hydrogen (secondary N) is 1. The van der Waals surface area contributed by atoms with Crippen LogP contribution in [0, 0.1) is 11.3 Å². The average Bonchev–Trinajstić information content (AvgIpc) is 2.99. The molecule has 3 fully saturated rings. The van der Waals surface area contributed by atoms with Crippen molar-refractivity contribution in [3.8, 4) is 0 Å². The smallest absolute Gasteiger partial charge is 0.222 e. The van der Waals surface area contributed by atoms with E-state index in [9.17, 15) is 4.79 Å². The zero-order valence-electron chi connectivity index (χ0n) is 12.8. The lowest BCUT2D eigenvalue weighted by Gasteiger charge is -2.45. The summed E-state index contributed by atoms with van der Waals surface area (Å²) >= 11 is 0. The van der Waals surface area contributed by atoms with Gasteiger partial charge >= 0.3 is 0 Å². The molecule has 1 amide bonds. The first-order valence-corrected chi connectivity index (χ1v) is 8.76. The van der Waals surface area contributed by atoms with Crippen molar-refractivity contribution in [2.45, 2.75) is 64.2 Å². The zero-order valence-corrected chi connectivity index (χ0v) is 12.8. The molecule has 3 heteroatoms. The molecular weight excluding hydrogens is 248 g/mol. The summed E-state index contributed by atoms with van der Waals surface area (Å²) in [7, 11) is 0. The van der Waals surface area contributed by atoms with Crippen molar-refractivity contribution in [1.29, 1.82) is 0 Å². The molecule has 0 radical (unpaired) electrons. The van der Waals surface area contributed by atoms with E-state index in [4.69, 9.17) is 0 Å². The third-order valence-electron chi connectivity index (χ3n) is 5.86. The van der Waals surface area contributed by atoms with E-state index in [1.54, 1.807) is 0 Å². The molecule has 2 aliphatic heterocycles. The van der Waals surface area contributed by atoms with Crippen LogP contribution in [0.3, 0.4) is 0 Å². The summed E-state index contributed by atoms with van der Waals surface area (Å²) in [5, 5.41) is 3.40. The predicted molar refractivity (Wildman–Crippen MR) is 81.5 cm³/mol. The number of carbonyl (C=O) groups is 1. The quantitative estimate of drug-likeness (QED) is 0.861. The monoisotopic (exact) mass is 278 g/mol. The first-order valence-electron chi connectivity index (χ1n) is 8.76. The second kappa shape index (κ2) is 6.46. The molecule has 1 spiro atoms. The fourth-order valence-electron chi connectivity index (χ4n) is 4.58. The average molecular weight is 278 g/mol. The maximum absolute atomic E-state index is 12.5. The van der Waals surface area contributed by atoms with Gasteiger partial charge in [0.05, 0.1) is 0 Å². The normalized spacial score (nSPS) is 29.8. The van der Waals surface area contributed by atoms with E-state index in [2.05, 4.69) is 10.2 Å². The van der Waals surface area contributed by atoms with Gasteiger partial charge in [-0.15, -0.1) is 0 Å². The molecule has 0 aromatic heterocycles. The summed E-state index contributed by atoms with van der Waals surface area (Å²) < 4.78 is 0. The van der Waals surface area contributed by atoms with Gasteiger partial charge in [-0.05, 0) is 62.9 Å². The van der Waals surface area contributed by atoms with Crippen LogP contribution in [0.25, 0.3) is 0 Å². The van der Waals surface area contributed by atoms with Gasteiger partial charge in [-0.3, -0.25) is 4.79 Å². The summed E-state index contributed by atoms with van der Waals surface area (Å²) in [6.45, 7) is 4.35. The fourth-order valence-corrected chi connectivity index (χ4v) is 4.58. The third kappa shape index (κ3) is 3.36. The Morgan fingerprint density at radius 3 is 2.70 bits per heavy atom. The van der Waals surface area contributed by atoms with Crippen LogP contribution in [0.4, 0.5) is 0 Å². The highest BCUT2D eigenvalue weighted by Gasteiger charge is 2.37. The zero-order chi connectivity index (χ0) is 13.8. The van der Waals surface area contributed by atoms with Crippen molar-refractivity contribution < 1.29 is 4.79 Å². The summed E-state index contributed by atoms with van der Waals surface area (Å²) in [6, 6.07) is 0. The summed E-state index contributed by atoms with van der Waals surface area (Å²) in [5.41, 5.74) is 0.501. The van der Waals surface area contributed by atoms with Crippen LogP contribution < -0.4 is 5.32 Å². The fraction of sp³-hybridized carbons (Fsp3) is 0.941. The molecule has 20 heavy (non-hydrogen) atoms. The Balaban J connectivity index is 1.49. The van der Waals surface area contributed by atoms with E-state index >= 15 is 0 Å². The molecule has 0 aromatic carbocycles. The van der Waals surface area contributed by atoms with E-state index in [1.165, 1.54) is 51.4 Å². The Morgan fingerprint density at radius 1 is 1.15 bits per heavy atom. The van der Waals surface area contributed by atoms with E-state index < -0.39 is 0 Å². The molecule has 1 N–H and O–H groups in total. The van der Waals surface area contributed by atoms with E-state index in [0.717, 1.165) is 44.9 Å². The number of amides is 1. The van der Waals surface area contributed by atoms with Crippen molar-refractivity contribution in [2.24, 2.45) is 11.3 Å². The lowest BCUT2D eigenvalue weighted by atomic mass is 9.69. The van der Waals surface area contributed by atoms with Gasteiger partial charge in [0.25, 0.3) is 0 Å². The molecule has 1 aliphatic carbocycles. The summed E-state index contributed by atoms with van der Waals surface area (Å²) in [4.78, 5) is 14.7. The van der Waals surface area contributed by atoms with E-state index in [1.807, 2.05) is 0 Å². The highest BCUT2D eigenvalue weighted by molar-refractivity contribution is 5.76. The number of hydrogen-bond acceptors (Lipinski definition) is 2. The number of rotatable bonds is 3. The van der Waals surface area contributed by atoms with Gasteiger partial charge in [0.1, 0.15) is 0 Å². The number of nitrogens with zero attached hydrogens (tertiary/aromatic N) is 1. The Hall–Kier alpha value is -0.570. The minimum Gasteiger partial charge on any atom is -0.342 e. The Morgan fingerprint density at radius 2 is 1.95 bits per heavy atom. The van der Waals surface area contributed by atoms with Crippen molar-refractivity contribution in [1.82, 2.24) is 10.2 Å². The van der Waals surface area contributed by atoms with Crippen LogP contribution in [-0.4, -0.2) is 37.0 Å². The molecule has 1 unspecified atom stereocenters. The molecule has 1 atom stereocenters. The molecule has 1 saturated carbocycles. The summed E-state index contributed by atoms with van der Waals surface area (Å²) in [6.07, 6.45) is 12.6. The van der Waals surface area contributed by atoms with Gasteiger partial charge in [0.15, 0.2) is 0 Å². The minimum absolute atomic E-state index is 0.432. The molecule has 3 rings (SSSR count). The number of likely N-dealkylation sites (tertiary alicyclic amines) is 1. The van der Waals surface area contributed by atoms with Gasteiger partial charge in [0.2, 0.25) is 5.91 Å². The van der Waals surface area contributed by atoms with E-state index in [0.29, 0.717) is 11.3 Å². The van der Waals surface area contributed by atoms with Crippen molar-refractivity contribution >= 4 is 5.91 Å². The molecule has 0 bridgehead atoms. The Bertz CT molecular complexity index is 324. The summed E-state index contributed by atoms with van der Waals surface area (Å²) in [5.74, 6) is 1.17. The SMILES string of the molecule is O=C(CCC1CCNC1)N1CCCC2(CCCCC2)C1. The number of piperidine rings is 1. The maximum Gasteiger partial charge on any atom is 0.222 e. The van der Waals surface area contributed by atoms with Crippen LogP contribution in [-0.2, 0) is 4.79 Å². The highest BCUT2D eigenvalue weighted by Crippen LogP contribution is 2.43. The molecule has 2 heterocycles. The third-order valence-corrected chi connectivity index (χ3v) is 5.86. The van der Waals surface area contributed by atoms with Crippen LogP contribution in [0.5, 0.6) is 0 Å². The lowest BCUT2D eigenvalue weighted by molar-refractivity contribution is -0.135. The highest BCUT2D eigenvalue weighted by atomic mass is 16.2. The molecule has 3 aliphatic rings. The van der Waals surface area contributed by atoms with Gasteiger partial charge in [-0.25, -0.2) is 0 Å². The molecule has 114 valence electrons. The van der Waals surface area contributed by atoms with Crippen molar-refractivity contribution in [2.75, 3.05) is 26.2 Å². The first-order chi connectivity index (χ1) is 9.77. The van der Waals surface area contributed by atoms with Crippen molar-refractivity contribution in [3.63, 3.8) is 0 Å². The standard InChI is InChI=1S/C17H30N2O/c20-16(6-5-15-7-11-18-13-15)19-12-4-10-17(14-19)8-2-1-3-9-17/h15,18H,1-14H2. The van der Waals surface area contributed by atoms with Gasteiger partial charge < -0.3 is 10.2 Å². The van der Waals surface area contributed by atoms with Gasteiger partial charge in [-0.1, -0.05) is 19.3 Å². The van der Waals surface area contributed by atoms with Crippen molar-refractivity contribution in [3.05, 3.63) is 0 Å². The van der Waals surface area contributed by atoms with Crippen LogP contribution >= 0.6 is 0 Å². The lowest BCUT2D eigenvalue weighted by Crippen LogP contribution is -2.47. The maximum atomic E-state index is 12.5. The molecule has 0 aromatic rings.